The van der Waals surface area contributed by atoms with Crippen molar-refractivity contribution in [3.8, 4) is 11.5 Å². The summed E-state index contributed by atoms with van der Waals surface area (Å²) >= 11 is 0. The van der Waals surface area contributed by atoms with Gasteiger partial charge < -0.3 is 19.9 Å². The fourth-order valence-corrected chi connectivity index (χ4v) is 11.7. The molecule has 1 amide bonds. The number of nitrogens with zero attached hydrogens (tertiary/aromatic N) is 5. The minimum Gasteiger partial charge on any atom is -0.455 e. The van der Waals surface area contributed by atoms with Crippen LogP contribution in [0.1, 0.15) is 117 Å². The zero-order chi connectivity index (χ0) is 42.4. The van der Waals surface area contributed by atoms with Gasteiger partial charge in [-0.2, -0.15) is 8.42 Å². The molecule has 14 nitrogen and oxygen atoms in total. The number of ether oxygens (including phenoxy) is 1. The number of carbonyl (C=O) groups excluding carboxylic acids is 1. The highest BCUT2D eigenvalue weighted by molar-refractivity contribution is 7.90. The van der Waals surface area contributed by atoms with Crippen LogP contribution in [-0.2, 0) is 10.0 Å². The number of fused-ring (bicyclic) bond motifs is 1. The molecule has 1 spiro atoms. The molecule has 62 heavy (non-hydrogen) atoms. The molecular weight excluding hydrogens is 805 g/mol. The third-order valence-electron chi connectivity index (χ3n) is 14.3. The van der Waals surface area contributed by atoms with E-state index >= 15 is 0 Å². The number of anilines is 2. The van der Waals surface area contributed by atoms with Gasteiger partial charge in [-0.1, -0.05) is 43.5 Å². The first-order chi connectivity index (χ1) is 30.1. The molecule has 0 unspecified atom stereocenters. The highest BCUT2D eigenvalue weighted by Gasteiger charge is 2.50. The fraction of sp³-hybridized carbons (Fsp3) is 0.468. The third-order valence-corrected chi connectivity index (χ3v) is 15.6. The summed E-state index contributed by atoms with van der Waals surface area (Å²) < 4.78 is 35.7. The molecule has 5 aliphatic rings. The Balaban J connectivity index is 0.841. The lowest BCUT2D eigenvalue weighted by Gasteiger charge is -2.56. The lowest BCUT2D eigenvalue weighted by Crippen LogP contribution is -2.54. The maximum atomic E-state index is 13.9. The van der Waals surface area contributed by atoms with E-state index in [2.05, 4.69) is 59.1 Å². The third kappa shape index (κ3) is 8.24. The summed E-state index contributed by atoms with van der Waals surface area (Å²) in [4.78, 5) is 42.0. The number of H-pyrrole nitrogens is 1. The van der Waals surface area contributed by atoms with Crippen molar-refractivity contribution in [2.45, 2.75) is 106 Å². The summed E-state index contributed by atoms with van der Waals surface area (Å²) in [6.45, 7) is 3.41. The maximum Gasteiger partial charge on any atom is 0.296 e. The molecule has 3 aliphatic carbocycles. The molecule has 3 saturated carbocycles. The summed E-state index contributed by atoms with van der Waals surface area (Å²) in [7, 11) is -4.63. The Labute approximate surface area is 362 Å². The normalized spacial score (nSPS) is 20.9. The lowest BCUT2D eigenvalue weighted by molar-refractivity contribution is -0.384. The van der Waals surface area contributed by atoms with Crippen LogP contribution >= 0.6 is 0 Å². The van der Waals surface area contributed by atoms with Crippen LogP contribution in [0.3, 0.4) is 0 Å². The number of hydrogen-bond donors (Lipinski definition) is 3. The van der Waals surface area contributed by atoms with Gasteiger partial charge in [0.2, 0.25) is 0 Å². The molecule has 2 aliphatic heterocycles. The Morgan fingerprint density at radius 1 is 0.903 bits per heavy atom. The molecular formula is C47H54N8O6S. The maximum absolute atomic E-state index is 13.9. The summed E-state index contributed by atoms with van der Waals surface area (Å²) in [5.74, 6) is 0.702. The molecule has 3 aromatic heterocycles. The van der Waals surface area contributed by atoms with Crippen LogP contribution < -0.4 is 19.7 Å². The van der Waals surface area contributed by atoms with Gasteiger partial charge in [-0.15, -0.1) is 0 Å². The van der Waals surface area contributed by atoms with Crippen molar-refractivity contribution >= 4 is 44.0 Å². The van der Waals surface area contributed by atoms with Gasteiger partial charge in [0.05, 0.1) is 28.9 Å². The van der Waals surface area contributed by atoms with Crippen molar-refractivity contribution in [3.63, 3.8) is 0 Å². The van der Waals surface area contributed by atoms with Gasteiger partial charge in [-0.3, -0.25) is 19.8 Å². The van der Waals surface area contributed by atoms with Gasteiger partial charge in [-0.25, -0.2) is 14.7 Å². The van der Waals surface area contributed by atoms with Gasteiger partial charge in [0, 0.05) is 55.1 Å². The summed E-state index contributed by atoms with van der Waals surface area (Å²) in [6, 6.07) is 20.0. The van der Waals surface area contributed by atoms with Crippen molar-refractivity contribution in [2.75, 3.05) is 36.4 Å². The number of carbonyl (C=O) groups is 1. The second-order valence-electron chi connectivity index (χ2n) is 18.3. The zero-order valence-electron chi connectivity index (χ0n) is 34.9. The molecule has 5 fully saturated rings. The van der Waals surface area contributed by atoms with Gasteiger partial charge >= 0.3 is 0 Å². The van der Waals surface area contributed by atoms with E-state index in [1.807, 2.05) is 12.1 Å². The number of aromatic amines is 1. The topological polar surface area (TPSA) is 176 Å². The quantitative estimate of drug-likeness (QED) is 0.0760. The zero-order valence-corrected chi connectivity index (χ0v) is 35.7. The predicted molar refractivity (Wildman–Crippen MR) is 237 cm³/mol. The first-order valence-corrected chi connectivity index (χ1v) is 23.9. The van der Waals surface area contributed by atoms with Crippen LogP contribution in [0.15, 0.2) is 84.3 Å². The van der Waals surface area contributed by atoms with Gasteiger partial charge in [-0.05, 0) is 123 Å². The van der Waals surface area contributed by atoms with Gasteiger partial charge in [0.15, 0.2) is 5.03 Å². The number of piperidine rings is 1. The van der Waals surface area contributed by atoms with E-state index in [4.69, 9.17) is 4.74 Å². The average molecular weight is 859 g/mol. The number of pyridine rings is 2. The Bertz CT molecular complexity index is 2590. The van der Waals surface area contributed by atoms with E-state index in [9.17, 15) is 23.3 Å². The van der Waals surface area contributed by atoms with E-state index < -0.39 is 31.6 Å². The van der Waals surface area contributed by atoms with Crippen molar-refractivity contribution < 1.29 is 22.9 Å². The van der Waals surface area contributed by atoms with Crippen LogP contribution in [0, 0.1) is 21.4 Å². The summed E-state index contributed by atoms with van der Waals surface area (Å²) in [6.07, 6.45) is 19.7. The molecule has 10 rings (SSSR count). The van der Waals surface area contributed by atoms with E-state index in [0.29, 0.717) is 41.4 Å². The molecule has 15 heteroatoms. The molecule has 5 aromatic rings. The number of aromatic nitrogens is 3. The monoisotopic (exact) mass is 858 g/mol. The lowest BCUT2D eigenvalue weighted by atomic mass is 9.59. The number of nitrogens with one attached hydrogen (secondary N) is 3. The van der Waals surface area contributed by atoms with Crippen LogP contribution in [0.4, 0.5) is 17.1 Å². The second kappa shape index (κ2) is 16.6. The van der Waals surface area contributed by atoms with E-state index in [1.54, 1.807) is 41.7 Å². The number of hydrogen-bond acceptors (Lipinski definition) is 11. The smallest absolute Gasteiger partial charge is 0.296 e. The molecule has 2 saturated heterocycles. The molecule has 1 atom stereocenters. The fourth-order valence-electron chi connectivity index (χ4n) is 10.8. The molecule has 324 valence electrons. The number of rotatable bonds is 13. The highest BCUT2D eigenvalue weighted by Crippen LogP contribution is 2.55. The molecule has 5 heterocycles. The minimum absolute atomic E-state index is 0.0227. The van der Waals surface area contributed by atoms with Crippen LogP contribution in [0.2, 0.25) is 0 Å². The summed E-state index contributed by atoms with van der Waals surface area (Å²) in [5, 5.41) is 15.4. The van der Waals surface area contributed by atoms with E-state index in [0.717, 1.165) is 80.9 Å². The van der Waals surface area contributed by atoms with Crippen LogP contribution in [0.5, 0.6) is 11.5 Å². The van der Waals surface area contributed by atoms with Crippen molar-refractivity contribution in [1.29, 1.82) is 0 Å². The SMILES string of the molecule is O=C(NS(=O)(=O)c1cc([N+](=O)[O-])c(NCC2CCCCC2)cn1)c1ccc(N2CCC3(CC2)CC(N2CCC[C@@H]2c2ccccc2C2CC2)C3)cc1Oc1cnc2[nH]ccc2c1. The van der Waals surface area contributed by atoms with Gasteiger partial charge in [0.1, 0.15) is 22.8 Å². The molecule has 0 bridgehead atoms. The first-order valence-electron chi connectivity index (χ1n) is 22.4. The van der Waals surface area contributed by atoms with E-state index in [-0.39, 0.29) is 17.0 Å². The molecule has 3 N–H and O–H groups in total. The van der Waals surface area contributed by atoms with Crippen molar-refractivity contribution in [1.82, 2.24) is 24.6 Å². The Morgan fingerprint density at radius 3 is 2.47 bits per heavy atom. The Morgan fingerprint density at radius 2 is 1.69 bits per heavy atom. The number of nitro groups is 1. The minimum atomic E-state index is -4.63. The van der Waals surface area contributed by atoms with E-state index in [1.165, 1.54) is 51.5 Å². The number of benzene rings is 2. The standard InChI is InChI=1S/C47H54N8O6S/c56-46(52-62(59,60)44-25-42(55(57)58)40(30-50-44)49-28-31-7-2-1-3-8-31)39-15-14-34(24-43(39)61-36-23-33-16-19-48-45(33)51-29-36)53-21-17-47(18-22-53)26-35(27-47)54-20-6-11-41(54)38-10-5-4-9-37(38)32-12-13-32/h4-5,9-10,14-16,19,23-25,29-32,35,41,49H,1-3,6-8,11-13,17-18,20-22,26-28H2,(H,48,51)(H,52,56)/t41-/m1/s1. The Hall–Kier alpha value is -5.54. The molecule has 2 aromatic carbocycles. The van der Waals surface area contributed by atoms with Crippen LogP contribution in [-0.4, -0.2) is 71.3 Å². The van der Waals surface area contributed by atoms with Crippen LogP contribution in [0.25, 0.3) is 11.0 Å². The highest BCUT2D eigenvalue weighted by atomic mass is 32.2. The largest absolute Gasteiger partial charge is 0.455 e. The Kier molecular flexibility index (Phi) is 10.9. The van der Waals surface area contributed by atoms with Gasteiger partial charge in [0.25, 0.3) is 21.6 Å². The van der Waals surface area contributed by atoms with Crippen molar-refractivity contribution in [2.24, 2.45) is 11.3 Å². The number of likely N-dealkylation sites (tertiary alicyclic amines) is 1. The number of sulfonamides is 1. The second-order valence-corrected chi connectivity index (χ2v) is 20.0. The number of amides is 1. The van der Waals surface area contributed by atoms with Crippen molar-refractivity contribution in [3.05, 3.63) is 106 Å². The predicted octanol–water partition coefficient (Wildman–Crippen LogP) is 9.23. The average Bonchev–Trinajstić information content (AvgIpc) is 3.82. The first kappa shape index (κ1) is 40.5. The summed E-state index contributed by atoms with van der Waals surface area (Å²) in [5.41, 5.74) is 4.69. The molecule has 0 radical (unpaired) electrons.